The second-order valence-electron chi connectivity index (χ2n) is 8.02. The predicted octanol–water partition coefficient (Wildman–Crippen LogP) is 7.48. The van der Waals surface area contributed by atoms with Crippen molar-refractivity contribution in [2.75, 3.05) is 0 Å². The second kappa shape index (κ2) is 6.78. The molecule has 0 radical (unpaired) electrons. The zero-order valence-corrected chi connectivity index (χ0v) is 17.4. The molecule has 0 saturated carbocycles. The highest BCUT2D eigenvalue weighted by atomic mass is 16.3. The van der Waals surface area contributed by atoms with Crippen LogP contribution < -0.4 is 0 Å². The molecule has 3 aromatic carbocycles. The van der Waals surface area contributed by atoms with Crippen LogP contribution in [0.15, 0.2) is 89.5 Å². The van der Waals surface area contributed by atoms with Gasteiger partial charge in [0.05, 0.1) is 11.2 Å². The van der Waals surface area contributed by atoms with Crippen LogP contribution in [0.3, 0.4) is 0 Å². The van der Waals surface area contributed by atoms with Crippen molar-refractivity contribution in [1.82, 2.24) is 9.97 Å². The molecule has 0 aliphatic carbocycles. The summed E-state index contributed by atoms with van der Waals surface area (Å²) in [6, 6.07) is 27.2. The lowest BCUT2D eigenvalue weighted by Crippen LogP contribution is -1.90. The highest BCUT2D eigenvalue weighted by Gasteiger charge is 2.14. The zero-order valence-electron chi connectivity index (χ0n) is 17.4. The molecule has 6 aromatic rings. The monoisotopic (exact) mass is 400 g/mol. The smallest absolute Gasteiger partial charge is 0.144 e. The topological polar surface area (TPSA) is 38.9 Å². The van der Waals surface area contributed by atoms with Gasteiger partial charge in [0, 0.05) is 33.6 Å². The molecule has 31 heavy (non-hydrogen) atoms. The van der Waals surface area contributed by atoms with Crippen LogP contribution in [-0.2, 0) is 0 Å². The van der Waals surface area contributed by atoms with Gasteiger partial charge in [-0.05, 0) is 73.0 Å². The molecule has 3 heterocycles. The Labute approximate surface area is 180 Å². The standard InChI is InChI=1S/C28H20N2O/c1-17-14-25-20(11-10-18(2)30-25)15-24(17)19-12-13-29-26(16-19)23-8-5-7-22-21-6-3-4-9-27(21)31-28(22)23/h3-16H,1-2H3. The van der Waals surface area contributed by atoms with Crippen molar-refractivity contribution >= 4 is 32.8 Å². The van der Waals surface area contributed by atoms with Gasteiger partial charge in [-0.15, -0.1) is 0 Å². The average Bonchev–Trinajstić information content (AvgIpc) is 3.17. The van der Waals surface area contributed by atoms with Crippen molar-refractivity contribution in [2.24, 2.45) is 0 Å². The number of rotatable bonds is 2. The van der Waals surface area contributed by atoms with E-state index in [4.69, 9.17) is 4.42 Å². The predicted molar refractivity (Wildman–Crippen MR) is 127 cm³/mol. The molecule has 0 amide bonds. The molecule has 3 heteroatoms. The fourth-order valence-electron chi connectivity index (χ4n) is 4.38. The molecule has 0 atom stereocenters. The van der Waals surface area contributed by atoms with Gasteiger partial charge in [0.15, 0.2) is 0 Å². The first-order valence-electron chi connectivity index (χ1n) is 10.4. The summed E-state index contributed by atoms with van der Waals surface area (Å²) in [5, 5.41) is 3.39. The van der Waals surface area contributed by atoms with Crippen molar-refractivity contribution in [2.45, 2.75) is 13.8 Å². The minimum absolute atomic E-state index is 0.878. The van der Waals surface area contributed by atoms with Crippen LogP contribution >= 0.6 is 0 Å². The molecule has 0 unspecified atom stereocenters. The van der Waals surface area contributed by atoms with Gasteiger partial charge in [0.2, 0.25) is 0 Å². The van der Waals surface area contributed by atoms with E-state index in [0.717, 1.165) is 55.4 Å². The maximum atomic E-state index is 6.23. The zero-order chi connectivity index (χ0) is 20.9. The normalized spacial score (nSPS) is 11.5. The van der Waals surface area contributed by atoms with E-state index in [9.17, 15) is 0 Å². The maximum absolute atomic E-state index is 6.23. The third-order valence-electron chi connectivity index (χ3n) is 5.93. The molecule has 6 rings (SSSR count). The van der Waals surface area contributed by atoms with Crippen molar-refractivity contribution < 1.29 is 4.42 Å². The fraction of sp³-hybridized carbons (Fsp3) is 0.0714. The van der Waals surface area contributed by atoms with Crippen molar-refractivity contribution in [3.05, 3.63) is 96.3 Å². The van der Waals surface area contributed by atoms with Gasteiger partial charge in [0.1, 0.15) is 11.2 Å². The molecular weight excluding hydrogens is 380 g/mol. The summed E-state index contributed by atoms with van der Waals surface area (Å²) in [7, 11) is 0. The van der Waals surface area contributed by atoms with Gasteiger partial charge in [-0.2, -0.15) is 0 Å². The summed E-state index contributed by atoms with van der Waals surface area (Å²) in [4.78, 5) is 9.35. The van der Waals surface area contributed by atoms with Crippen molar-refractivity contribution in [3.8, 4) is 22.4 Å². The molecule has 3 nitrogen and oxygen atoms in total. The third kappa shape index (κ3) is 2.89. The van der Waals surface area contributed by atoms with E-state index in [1.165, 1.54) is 11.1 Å². The van der Waals surface area contributed by atoms with Crippen LogP contribution in [0.4, 0.5) is 0 Å². The van der Waals surface area contributed by atoms with Gasteiger partial charge in [-0.25, -0.2) is 0 Å². The van der Waals surface area contributed by atoms with Gasteiger partial charge >= 0.3 is 0 Å². The lowest BCUT2D eigenvalue weighted by Gasteiger charge is -2.10. The minimum Gasteiger partial charge on any atom is -0.455 e. The van der Waals surface area contributed by atoms with Gasteiger partial charge < -0.3 is 4.42 Å². The highest BCUT2D eigenvalue weighted by Crippen LogP contribution is 2.36. The number of furan rings is 1. The van der Waals surface area contributed by atoms with Crippen LogP contribution in [0.1, 0.15) is 11.3 Å². The molecule has 0 bridgehead atoms. The number of hydrogen-bond donors (Lipinski definition) is 0. The van der Waals surface area contributed by atoms with Gasteiger partial charge in [-0.3, -0.25) is 9.97 Å². The Balaban J connectivity index is 1.54. The van der Waals surface area contributed by atoms with Crippen molar-refractivity contribution in [1.29, 1.82) is 0 Å². The van der Waals surface area contributed by atoms with Gasteiger partial charge in [0.25, 0.3) is 0 Å². The number of aromatic nitrogens is 2. The molecule has 148 valence electrons. The largest absolute Gasteiger partial charge is 0.455 e. The Hall–Kier alpha value is -3.98. The molecule has 0 fully saturated rings. The average molecular weight is 400 g/mol. The van der Waals surface area contributed by atoms with E-state index in [0.29, 0.717) is 0 Å². The van der Waals surface area contributed by atoms with E-state index in [1.54, 1.807) is 0 Å². The molecule has 3 aromatic heterocycles. The Morgan fingerprint density at radius 3 is 2.55 bits per heavy atom. The number of benzene rings is 3. The number of nitrogens with zero attached hydrogens (tertiary/aromatic N) is 2. The highest BCUT2D eigenvalue weighted by molar-refractivity contribution is 6.09. The Morgan fingerprint density at radius 2 is 1.61 bits per heavy atom. The molecule has 0 N–H and O–H groups in total. The lowest BCUT2D eigenvalue weighted by molar-refractivity contribution is 0.670. The molecule has 0 saturated heterocycles. The first kappa shape index (κ1) is 17.8. The summed E-state index contributed by atoms with van der Waals surface area (Å²) in [5.41, 5.74) is 9.28. The van der Waals surface area contributed by atoms with Crippen LogP contribution in [0.5, 0.6) is 0 Å². The number of fused-ring (bicyclic) bond motifs is 4. The maximum Gasteiger partial charge on any atom is 0.144 e. The second-order valence-corrected chi connectivity index (χ2v) is 8.02. The fourth-order valence-corrected chi connectivity index (χ4v) is 4.38. The van der Waals surface area contributed by atoms with E-state index in [1.807, 2.05) is 31.3 Å². The van der Waals surface area contributed by atoms with Crippen molar-refractivity contribution in [3.63, 3.8) is 0 Å². The first-order valence-corrected chi connectivity index (χ1v) is 10.4. The van der Waals surface area contributed by atoms with Crippen LogP contribution in [0.25, 0.3) is 55.2 Å². The van der Waals surface area contributed by atoms with E-state index < -0.39 is 0 Å². The minimum atomic E-state index is 0.878. The van der Waals surface area contributed by atoms with E-state index >= 15 is 0 Å². The summed E-state index contributed by atoms with van der Waals surface area (Å²) in [5.74, 6) is 0. The number of pyridine rings is 2. The third-order valence-corrected chi connectivity index (χ3v) is 5.93. The first-order chi connectivity index (χ1) is 15.2. The Morgan fingerprint density at radius 1 is 0.742 bits per heavy atom. The number of hydrogen-bond acceptors (Lipinski definition) is 3. The molecule has 0 spiro atoms. The SMILES string of the molecule is Cc1ccc2cc(-c3ccnc(-c4cccc5c4oc4ccccc45)c3)c(C)cc2n1. The van der Waals surface area contributed by atoms with Gasteiger partial charge in [-0.1, -0.05) is 36.4 Å². The summed E-state index contributed by atoms with van der Waals surface area (Å²) in [6.45, 7) is 4.16. The summed E-state index contributed by atoms with van der Waals surface area (Å²) < 4.78 is 6.23. The van der Waals surface area contributed by atoms with E-state index in [-0.39, 0.29) is 0 Å². The quantitative estimate of drug-likeness (QED) is 0.302. The molecule has 0 aliphatic rings. The van der Waals surface area contributed by atoms with Crippen LogP contribution in [-0.4, -0.2) is 9.97 Å². The number of aryl methyl sites for hydroxylation is 2. The Kier molecular flexibility index (Phi) is 3.90. The van der Waals surface area contributed by atoms with E-state index in [2.05, 4.69) is 77.6 Å². The summed E-state index contributed by atoms with van der Waals surface area (Å²) >= 11 is 0. The van der Waals surface area contributed by atoms with Crippen LogP contribution in [0, 0.1) is 13.8 Å². The Bertz CT molecular complexity index is 1610. The summed E-state index contributed by atoms with van der Waals surface area (Å²) in [6.07, 6.45) is 1.88. The van der Waals surface area contributed by atoms with Crippen LogP contribution in [0.2, 0.25) is 0 Å². The number of para-hydroxylation sites is 2. The molecular formula is C28H20N2O. The molecule has 0 aliphatic heterocycles. The lowest BCUT2D eigenvalue weighted by atomic mass is 9.97.